The minimum atomic E-state index is -0.787. The predicted molar refractivity (Wildman–Crippen MR) is 348 cm³/mol. The lowest BCUT2D eigenvalue weighted by molar-refractivity contribution is -0.167. The van der Waals surface area contributed by atoms with Gasteiger partial charge < -0.3 is 14.2 Å². The zero-order valence-corrected chi connectivity index (χ0v) is 52.6. The first-order valence-electron chi connectivity index (χ1n) is 33.9. The van der Waals surface area contributed by atoms with Gasteiger partial charge in [0.05, 0.1) is 0 Å². The van der Waals surface area contributed by atoms with Crippen molar-refractivity contribution in [1.82, 2.24) is 0 Å². The van der Waals surface area contributed by atoms with Gasteiger partial charge in [-0.1, -0.05) is 310 Å². The van der Waals surface area contributed by atoms with Crippen LogP contribution in [0.1, 0.15) is 323 Å². The van der Waals surface area contributed by atoms with Gasteiger partial charge in [0.1, 0.15) is 13.2 Å². The predicted octanol–water partition coefficient (Wildman–Crippen LogP) is 23.4. The summed E-state index contributed by atoms with van der Waals surface area (Å²) in [6, 6.07) is 0. The fourth-order valence-corrected chi connectivity index (χ4v) is 9.52. The second-order valence-electron chi connectivity index (χ2n) is 22.3. The van der Waals surface area contributed by atoms with E-state index in [4.69, 9.17) is 14.2 Å². The van der Waals surface area contributed by atoms with Crippen LogP contribution in [0.3, 0.4) is 0 Å². The van der Waals surface area contributed by atoms with E-state index in [2.05, 4.69) is 130 Å². The van der Waals surface area contributed by atoms with Crippen LogP contribution in [0.25, 0.3) is 0 Å². The minimum Gasteiger partial charge on any atom is -0.462 e. The summed E-state index contributed by atoms with van der Waals surface area (Å²) < 4.78 is 17.0. The number of allylic oxidation sites excluding steroid dienone is 18. The van der Waals surface area contributed by atoms with Crippen molar-refractivity contribution in [3.05, 3.63) is 109 Å². The Morgan fingerprint density at radius 2 is 0.487 bits per heavy atom. The lowest BCUT2D eigenvalue weighted by Crippen LogP contribution is -2.30. The molecule has 458 valence electrons. The molecule has 0 spiro atoms. The Bertz CT molecular complexity index is 1610. The van der Waals surface area contributed by atoms with Gasteiger partial charge in [0.15, 0.2) is 6.10 Å². The SMILES string of the molecule is CC/C=C\C/C=C\C/C=C\C/C=C\C/C=C\CCCCCCCCCCCCCCCC(=O)OCC(COC(=O)CCCCCCCCCCCCCCCC)OC(=O)CCCCCCCC/C=C\C/C=C\C/C=C\C/C=C\CC. The third-order valence-electron chi connectivity index (χ3n) is 14.5. The van der Waals surface area contributed by atoms with Gasteiger partial charge in [-0.25, -0.2) is 0 Å². The number of carbonyl (C=O) groups is 3. The maximum atomic E-state index is 12.9. The largest absolute Gasteiger partial charge is 0.462 e. The smallest absolute Gasteiger partial charge is 0.306 e. The van der Waals surface area contributed by atoms with E-state index < -0.39 is 6.10 Å². The summed E-state index contributed by atoms with van der Waals surface area (Å²) in [6.07, 6.45) is 92.4. The molecule has 0 rings (SSSR count). The number of carbonyl (C=O) groups excluding carboxylic acids is 3. The molecule has 0 aliphatic carbocycles. The number of hydrogen-bond donors (Lipinski definition) is 0. The highest BCUT2D eigenvalue weighted by Crippen LogP contribution is 2.17. The first kappa shape index (κ1) is 76.1. The lowest BCUT2D eigenvalue weighted by atomic mass is 10.0. The van der Waals surface area contributed by atoms with Crippen molar-refractivity contribution in [3.63, 3.8) is 0 Å². The summed E-state index contributed by atoms with van der Waals surface area (Å²) in [4.78, 5) is 38.4. The number of rotatable bonds is 61. The van der Waals surface area contributed by atoms with Crippen LogP contribution in [0.15, 0.2) is 109 Å². The summed E-state index contributed by atoms with van der Waals surface area (Å²) in [5, 5.41) is 0. The molecule has 1 unspecified atom stereocenters. The van der Waals surface area contributed by atoms with Crippen LogP contribution < -0.4 is 0 Å². The monoisotopic (exact) mass is 1110 g/mol. The van der Waals surface area contributed by atoms with Crippen LogP contribution in [0.2, 0.25) is 0 Å². The molecule has 0 aromatic heterocycles. The van der Waals surface area contributed by atoms with Gasteiger partial charge in [-0.15, -0.1) is 0 Å². The van der Waals surface area contributed by atoms with E-state index >= 15 is 0 Å². The maximum absolute atomic E-state index is 12.9. The molecule has 0 bridgehead atoms. The minimum absolute atomic E-state index is 0.0812. The summed E-state index contributed by atoms with van der Waals surface area (Å²) in [5.41, 5.74) is 0. The summed E-state index contributed by atoms with van der Waals surface area (Å²) in [7, 11) is 0. The van der Waals surface area contributed by atoms with Crippen molar-refractivity contribution >= 4 is 17.9 Å². The summed E-state index contributed by atoms with van der Waals surface area (Å²) in [6.45, 7) is 6.43. The highest BCUT2D eigenvalue weighted by molar-refractivity contribution is 5.71. The van der Waals surface area contributed by atoms with E-state index in [0.29, 0.717) is 19.3 Å². The molecule has 0 aliphatic heterocycles. The third-order valence-corrected chi connectivity index (χ3v) is 14.5. The molecule has 0 heterocycles. The first-order chi connectivity index (χ1) is 39.5. The van der Waals surface area contributed by atoms with Gasteiger partial charge in [-0.05, 0) is 103 Å². The molecule has 0 aromatic carbocycles. The summed E-state index contributed by atoms with van der Waals surface area (Å²) >= 11 is 0. The van der Waals surface area contributed by atoms with Crippen molar-refractivity contribution in [1.29, 1.82) is 0 Å². The molecule has 0 aliphatic rings. The van der Waals surface area contributed by atoms with E-state index in [9.17, 15) is 14.4 Å². The van der Waals surface area contributed by atoms with Crippen molar-refractivity contribution in [2.75, 3.05) is 13.2 Å². The van der Waals surface area contributed by atoms with Crippen molar-refractivity contribution < 1.29 is 28.6 Å². The molecule has 80 heavy (non-hydrogen) atoms. The normalized spacial score (nSPS) is 12.8. The Balaban J connectivity index is 4.30. The Kier molecular flexibility index (Phi) is 64.3. The van der Waals surface area contributed by atoms with Gasteiger partial charge in [-0.3, -0.25) is 14.4 Å². The molecule has 6 nitrogen and oxygen atoms in total. The van der Waals surface area contributed by atoms with Crippen LogP contribution >= 0.6 is 0 Å². The van der Waals surface area contributed by atoms with Crippen LogP contribution in [-0.4, -0.2) is 37.2 Å². The van der Waals surface area contributed by atoms with Crippen molar-refractivity contribution in [2.45, 2.75) is 329 Å². The molecule has 0 aromatic rings. The third kappa shape index (κ3) is 64.9. The van der Waals surface area contributed by atoms with E-state index in [1.807, 2.05) is 0 Å². The Morgan fingerprint density at radius 3 is 0.762 bits per heavy atom. The Hall–Kier alpha value is -3.93. The molecule has 6 heteroatoms. The molecular weight excluding hydrogens is 985 g/mol. The molecule has 0 saturated carbocycles. The number of hydrogen-bond acceptors (Lipinski definition) is 6. The number of unbranched alkanes of at least 4 members (excludes halogenated alkanes) is 32. The van der Waals surface area contributed by atoms with Gasteiger partial charge in [0, 0.05) is 19.3 Å². The highest BCUT2D eigenvalue weighted by Gasteiger charge is 2.19. The molecule has 0 amide bonds. The van der Waals surface area contributed by atoms with Crippen LogP contribution in [0.4, 0.5) is 0 Å². The van der Waals surface area contributed by atoms with Crippen LogP contribution in [0, 0.1) is 0 Å². The maximum Gasteiger partial charge on any atom is 0.306 e. The number of ether oxygens (including phenoxy) is 3. The van der Waals surface area contributed by atoms with Gasteiger partial charge in [-0.2, -0.15) is 0 Å². The quantitative estimate of drug-likeness (QED) is 0.0261. The lowest BCUT2D eigenvalue weighted by Gasteiger charge is -2.18. The topological polar surface area (TPSA) is 78.9 Å². The van der Waals surface area contributed by atoms with Crippen LogP contribution in [0.5, 0.6) is 0 Å². The van der Waals surface area contributed by atoms with Crippen LogP contribution in [-0.2, 0) is 28.6 Å². The number of esters is 3. The van der Waals surface area contributed by atoms with E-state index in [1.54, 1.807) is 0 Å². The average molecular weight is 1110 g/mol. The molecule has 0 fully saturated rings. The fraction of sp³-hybridized carbons (Fsp3) is 0.716. The van der Waals surface area contributed by atoms with Gasteiger partial charge in [0.25, 0.3) is 0 Å². The first-order valence-corrected chi connectivity index (χ1v) is 33.9. The van der Waals surface area contributed by atoms with E-state index in [0.717, 1.165) is 128 Å². The zero-order valence-electron chi connectivity index (χ0n) is 52.6. The molecule has 1 atom stereocenters. The van der Waals surface area contributed by atoms with E-state index in [-0.39, 0.29) is 31.1 Å². The van der Waals surface area contributed by atoms with Gasteiger partial charge in [0.2, 0.25) is 0 Å². The Morgan fingerprint density at radius 1 is 0.263 bits per heavy atom. The fourth-order valence-electron chi connectivity index (χ4n) is 9.52. The molecular formula is C74H126O6. The van der Waals surface area contributed by atoms with Gasteiger partial charge >= 0.3 is 17.9 Å². The standard InChI is InChI=1S/C74H126O6/c1-4-7-10-13-16-19-22-25-28-30-32-33-34-35-36-37-38-39-40-41-43-44-46-49-52-55-58-61-64-67-73(76)79-70-71(69-78-72(75)66-63-60-57-54-51-48-27-24-21-18-15-12-9-6-3)80-74(77)68-65-62-59-56-53-50-47-45-42-31-29-26-23-20-17-14-11-8-5-2/h7-8,10-11,16-17,19-20,25-26,28-29,32-33,35-36,42,45,71H,4-6,9,12-15,18,21-24,27,30-31,34,37-41,43-44,46-70H2,1-3H3/b10-7-,11-8-,19-16-,20-17-,28-25-,29-26-,33-32-,36-35-,45-42-. The Labute approximate surface area is 495 Å². The molecule has 0 N–H and O–H groups in total. The summed E-state index contributed by atoms with van der Waals surface area (Å²) in [5.74, 6) is -0.883. The average Bonchev–Trinajstić information content (AvgIpc) is 3.46. The molecule has 0 saturated heterocycles. The molecule has 0 radical (unpaired) electrons. The van der Waals surface area contributed by atoms with Crippen molar-refractivity contribution in [3.8, 4) is 0 Å². The van der Waals surface area contributed by atoms with Crippen molar-refractivity contribution in [2.24, 2.45) is 0 Å². The van der Waals surface area contributed by atoms with E-state index in [1.165, 1.54) is 154 Å². The second-order valence-corrected chi connectivity index (χ2v) is 22.3. The second kappa shape index (κ2) is 67.6. The highest BCUT2D eigenvalue weighted by atomic mass is 16.6. The zero-order chi connectivity index (χ0) is 57.8.